The second kappa shape index (κ2) is 13.0. The lowest BCUT2D eigenvalue weighted by atomic mass is 9.60. The van der Waals surface area contributed by atoms with Crippen molar-refractivity contribution in [1.29, 1.82) is 0 Å². The largest absolute Gasteiger partial charge is 0.446 e. The van der Waals surface area contributed by atoms with Gasteiger partial charge < -0.3 is 14.5 Å². The van der Waals surface area contributed by atoms with Crippen LogP contribution in [0.3, 0.4) is 0 Å². The standard InChI is InChI=1S/C33H56N2O2/c1-24(2)11-9-12-26(4)30-18-19-31-27(13-10-20-33(30,31)5)15-16-28-23-29(17-14-25(28)3)37-32(36)34-21-22-35(6,7)8/h15-16,24,26,29-31H,3,9-14,17-23H2,1-2,4-8H3/p+1/b27-15+,28-16-/t26-,29+,30-,31+,33-/m1/s1. The minimum Gasteiger partial charge on any atom is -0.446 e. The van der Waals surface area contributed by atoms with Gasteiger partial charge in [0, 0.05) is 6.42 Å². The third-order valence-electron chi connectivity index (χ3n) is 9.66. The fourth-order valence-corrected chi connectivity index (χ4v) is 7.43. The molecule has 4 nitrogen and oxygen atoms in total. The lowest BCUT2D eigenvalue weighted by Crippen LogP contribution is -2.42. The Labute approximate surface area is 228 Å². The molecule has 0 saturated heterocycles. The van der Waals surface area contributed by atoms with E-state index >= 15 is 0 Å². The maximum Gasteiger partial charge on any atom is 0.407 e. The number of hydrogen-bond donors (Lipinski definition) is 1. The van der Waals surface area contributed by atoms with Crippen LogP contribution in [-0.2, 0) is 4.74 Å². The zero-order chi connectivity index (χ0) is 27.2. The van der Waals surface area contributed by atoms with Gasteiger partial charge in [0.2, 0.25) is 0 Å². The number of alkyl carbamates (subject to hydrolysis) is 1. The number of likely N-dealkylation sites (N-methyl/N-ethyl adjacent to an activating group) is 1. The van der Waals surface area contributed by atoms with Crippen LogP contribution in [0.25, 0.3) is 0 Å². The maximum atomic E-state index is 12.3. The lowest BCUT2D eigenvalue weighted by molar-refractivity contribution is -0.869. The van der Waals surface area contributed by atoms with Crippen LogP contribution in [0.5, 0.6) is 0 Å². The quantitative estimate of drug-likeness (QED) is 0.300. The van der Waals surface area contributed by atoms with Gasteiger partial charge in [0.15, 0.2) is 0 Å². The fraction of sp³-hybridized carbons (Fsp3) is 0.788. The van der Waals surface area contributed by atoms with E-state index < -0.39 is 0 Å². The second-order valence-electron chi connectivity index (χ2n) is 14.1. The number of nitrogens with zero attached hydrogens (tertiary/aromatic N) is 1. The van der Waals surface area contributed by atoms with E-state index in [-0.39, 0.29) is 12.2 Å². The number of carbonyl (C=O) groups is 1. The Hall–Kier alpha value is -1.55. The highest BCUT2D eigenvalue weighted by Crippen LogP contribution is 2.60. The first-order valence-corrected chi connectivity index (χ1v) is 15.2. The molecule has 210 valence electrons. The maximum absolute atomic E-state index is 12.3. The van der Waals surface area contributed by atoms with E-state index in [4.69, 9.17) is 4.74 Å². The molecule has 1 N–H and O–H groups in total. The average molecular weight is 514 g/mol. The first-order valence-electron chi connectivity index (χ1n) is 15.2. The molecule has 0 aromatic carbocycles. The van der Waals surface area contributed by atoms with Crippen molar-refractivity contribution in [1.82, 2.24) is 5.32 Å². The van der Waals surface area contributed by atoms with Crippen LogP contribution in [0.2, 0.25) is 0 Å². The molecular weight excluding hydrogens is 456 g/mol. The van der Waals surface area contributed by atoms with Gasteiger partial charge in [0.1, 0.15) is 6.10 Å². The number of carbonyl (C=O) groups excluding carboxylic acids is 1. The summed E-state index contributed by atoms with van der Waals surface area (Å²) >= 11 is 0. The van der Waals surface area contributed by atoms with E-state index in [1.54, 1.807) is 5.57 Å². The molecule has 0 aromatic rings. The van der Waals surface area contributed by atoms with Gasteiger partial charge in [0.25, 0.3) is 0 Å². The molecule has 0 radical (unpaired) electrons. The smallest absolute Gasteiger partial charge is 0.407 e. The van der Waals surface area contributed by atoms with Crippen molar-refractivity contribution in [2.24, 2.45) is 29.1 Å². The summed E-state index contributed by atoms with van der Waals surface area (Å²) in [6, 6.07) is 0. The number of fused-ring (bicyclic) bond motifs is 1. The first kappa shape index (κ1) is 30.0. The molecule has 37 heavy (non-hydrogen) atoms. The summed E-state index contributed by atoms with van der Waals surface area (Å²) in [6.07, 6.45) is 17.8. The van der Waals surface area contributed by atoms with Crippen molar-refractivity contribution >= 4 is 6.09 Å². The third-order valence-corrected chi connectivity index (χ3v) is 9.66. The highest BCUT2D eigenvalue weighted by molar-refractivity contribution is 5.67. The van der Waals surface area contributed by atoms with Gasteiger partial charge in [0.05, 0.1) is 34.2 Å². The SMILES string of the molecule is C=C1CC[C@H](OC(=O)NCC[N+](C)(C)C)C/C1=C/C=C1\CCC[C@]2(C)[C@@H]([C@H](C)CCCC(C)C)CC[C@@H]12. The van der Waals surface area contributed by atoms with Crippen LogP contribution in [0.15, 0.2) is 35.5 Å². The van der Waals surface area contributed by atoms with Gasteiger partial charge in [-0.3, -0.25) is 0 Å². The summed E-state index contributed by atoms with van der Waals surface area (Å²) in [7, 11) is 6.38. The van der Waals surface area contributed by atoms with Crippen LogP contribution in [0.4, 0.5) is 4.79 Å². The predicted octanol–water partition coefficient (Wildman–Crippen LogP) is 8.06. The molecule has 3 rings (SSSR count). The summed E-state index contributed by atoms with van der Waals surface area (Å²) in [5.41, 5.74) is 4.60. The van der Waals surface area contributed by atoms with Crippen molar-refractivity contribution in [2.75, 3.05) is 34.2 Å². The minimum absolute atomic E-state index is 0.0570. The summed E-state index contributed by atoms with van der Waals surface area (Å²) in [6.45, 7) is 15.7. The van der Waals surface area contributed by atoms with E-state index in [0.29, 0.717) is 12.0 Å². The number of hydrogen-bond acceptors (Lipinski definition) is 2. The van der Waals surface area contributed by atoms with E-state index in [1.807, 2.05) is 0 Å². The van der Waals surface area contributed by atoms with Crippen molar-refractivity contribution in [3.63, 3.8) is 0 Å². The Morgan fingerprint density at radius 2 is 1.89 bits per heavy atom. The molecule has 1 amide bonds. The summed E-state index contributed by atoms with van der Waals surface area (Å²) in [5.74, 6) is 3.24. The molecular formula is C33H57N2O2+. The fourth-order valence-electron chi connectivity index (χ4n) is 7.43. The minimum atomic E-state index is -0.286. The van der Waals surface area contributed by atoms with E-state index in [2.05, 4.69) is 72.9 Å². The van der Waals surface area contributed by atoms with Crippen LogP contribution >= 0.6 is 0 Å². The summed E-state index contributed by atoms with van der Waals surface area (Å²) < 4.78 is 6.61. The highest BCUT2D eigenvalue weighted by atomic mass is 16.6. The first-order chi connectivity index (χ1) is 17.4. The highest BCUT2D eigenvalue weighted by Gasteiger charge is 2.50. The monoisotopic (exact) mass is 513 g/mol. The summed E-state index contributed by atoms with van der Waals surface area (Å²) in [5, 5.41) is 2.93. The molecule has 0 spiro atoms. The topological polar surface area (TPSA) is 38.3 Å². The van der Waals surface area contributed by atoms with Crippen molar-refractivity contribution < 1.29 is 14.0 Å². The molecule has 0 unspecified atom stereocenters. The molecule has 3 fully saturated rings. The molecule has 0 aliphatic heterocycles. The Bertz CT molecular complexity index is 849. The number of quaternary nitrogens is 1. The molecule has 3 aliphatic carbocycles. The molecule has 0 aromatic heterocycles. The number of nitrogens with one attached hydrogen (secondary N) is 1. The van der Waals surface area contributed by atoms with Crippen molar-refractivity contribution in [3.05, 3.63) is 35.5 Å². The average Bonchev–Trinajstić information content (AvgIpc) is 3.16. The van der Waals surface area contributed by atoms with E-state index in [0.717, 1.165) is 54.0 Å². The Morgan fingerprint density at radius 3 is 2.59 bits per heavy atom. The van der Waals surface area contributed by atoms with Gasteiger partial charge in [-0.15, -0.1) is 0 Å². The number of ether oxygens (including phenoxy) is 1. The van der Waals surface area contributed by atoms with Crippen LogP contribution in [0.1, 0.15) is 98.3 Å². The van der Waals surface area contributed by atoms with Gasteiger partial charge >= 0.3 is 6.09 Å². The molecule has 0 bridgehead atoms. The number of rotatable bonds is 10. The van der Waals surface area contributed by atoms with Crippen LogP contribution in [-0.4, -0.2) is 50.9 Å². The van der Waals surface area contributed by atoms with Crippen molar-refractivity contribution in [3.8, 4) is 0 Å². The van der Waals surface area contributed by atoms with E-state index in [1.165, 1.54) is 62.5 Å². The van der Waals surface area contributed by atoms with Crippen LogP contribution in [0, 0.1) is 29.1 Å². The zero-order valence-electron chi connectivity index (χ0n) is 25.2. The molecule has 0 heterocycles. The molecule has 5 atom stereocenters. The van der Waals surface area contributed by atoms with Gasteiger partial charge in [-0.25, -0.2) is 4.79 Å². The van der Waals surface area contributed by atoms with Gasteiger partial charge in [-0.1, -0.05) is 76.8 Å². The number of amides is 1. The lowest BCUT2D eigenvalue weighted by Gasteiger charge is -2.44. The number of allylic oxidation sites excluding steroid dienone is 4. The Morgan fingerprint density at radius 1 is 1.14 bits per heavy atom. The zero-order valence-corrected chi connectivity index (χ0v) is 25.2. The van der Waals surface area contributed by atoms with E-state index in [9.17, 15) is 4.79 Å². The predicted molar refractivity (Wildman–Crippen MR) is 156 cm³/mol. The van der Waals surface area contributed by atoms with Crippen molar-refractivity contribution in [2.45, 2.75) is 104 Å². The normalized spacial score (nSPS) is 31.6. The summed E-state index contributed by atoms with van der Waals surface area (Å²) in [4.78, 5) is 12.3. The third kappa shape index (κ3) is 8.47. The van der Waals surface area contributed by atoms with Crippen LogP contribution < -0.4 is 5.32 Å². The Balaban J connectivity index is 1.60. The second-order valence-corrected chi connectivity index (χ2v) is 14.1. The Kier molecular flexibility index (Phi) is 10.5. The van der Waals surface area contributed by atoms with Gasteiger partial charge in [-0.05, 0) is 79.6 Å². The molecule has 3 aliphatic rings. The molecule has 3 saturated carbocycles. The molecule has 4 heteroatoms. The van der Waals surface area contributed by atoms with Gasteiger partial charge in [-0.2, -0.15) is 0 Å².